The number of pyridine rings is 1. The SMILES string of the molecule is CS(=O)(=O)N1CCCc2cc(C(=O)CSc3nnc(-c4ccncc4)n3C3CC3)ccc21. The molecule has 5 rings (SSSR count). The predicted octanol–water partition coefficient (Wildman–Crippen LogP) is 3.36. The first kappa shape index (κ1) is 21.1. The van der Waals surface area contributed by atoms with E-state index in [0.29, 0.717) is 23.8 Å². The Balaban J connectivity index is 1.34. The minimum Gasteiger partial charge on any atom is -0.299 e. The molecule has 0 atom stereocenters. The summed E-state index contributed by atoms with van der Waals surface area (Å²) in [4.78, 5) is 17.0. The number of sulfonamides is 1. The summed E-state index contributed by atoms with van der Waals surface area (Å²) in [5.74, 6) is 1.04. The molecule has 2 aromatic heterocycles. The molecule has 1 aromatic carbocycles. The van der Waals surface area contributed by atoms with Crippen LogP contribution in [0, 0.1) is 0 Å². The second-order valence-electron chi connectivity index (χ2n) is 8.14. The molecule has 0 unspecified atom stereocenters. The van der Waals surface area contributed by atoms with Gasteiger partial charge in [-0.3, -0.25) is 18.7 Å². The van der Waals surface area contributed by atoms with Crippen LogP contribution >= 0.6 is 11.8 Å². The molecule has 0 spiro atoms. The number of benzene rings is 1. The van der Waals surface area contributed by atoms with Gasteiger partial charge in [-0.15, -0.1) is 10.2 Å². The van der Waals surface area contributed by atoms with Crippen LogP contribution in [0.15, 0.2) is 47.9 Å². The van der Waals surface area contributed by atoms with Crippen LogP contribution in [0.4, 0.5) is 5.69 Å². The van der Waals surface area contributed by atoms with E-state index in [1.807, 2.05) is 18.2 Å². The van der Waals surface area contributed by atoms with Crippen molar-refractivity contribution in [2.24, 2.45) is 0 Å². The lowest BCUT2D eigenvalue weighted by molar-refractivity contribution is 0.102. The maximum atomic E-state index is 12.9. The lowest BCUT2D eigenvalue weighted by Gasteiger charge is -2.29. The Morgan fingerprint density at radius 3 is 2.66 bits per heavy atom. The van der Waals surface area contributed by atoms with Gasteiger partial charge in [-0.1, -0.05) is 11.8 Å². The molecule has 1 saturated carbocycles. The van der Waals surface area contributed by atoms with Crippen molar-refractivity contribution in [1.29, 1.82) is 0 Å². The summed E-state index contributed by atoms with van der Waals surface area (Å²) < 4.78 is 27.7. The van der Waals surface area contributed by atoms with Gasteiger partial charge in [0.25, 0.3) is 0 Å². The number of nitrogens with zero attached hydrogens (tertiary/aromatic N) is 5. The number of carbonyl (C=O) groups is 1. The van der Waals surface area contributed by atoms with E-state index in [0.717, 1.165) is 47.8 Å². The Bertz CT molecular complexity index is 1270. The van der Waals surface area contributed by atoms with Gasteiger partial charge in [0.2, 0.25) is 10.0 Å². The maximum Gasteiger partial charge on any atom is 0.232 e. The third-order valence-corrected chi connectivity index (χ3v) is 7.85. The van der Waals surface area contributed by atoms with Crippen molar-refractivity contribution in [2.75, 3.05) is 22.9 Å². The standard InChI is InChI=1S/C22H23N5O3S2/c1-32(29,30)26-12-2-3-16-13-17(4-7-19(16)26)20(28)14-31-22-25-24-21(27(22)18-5-6-18)15-8-10-23-11-9-15/h4,7-11,13,18H,2-3,5-6,12,14H2,1H3. The van der Waals surface area contributed by atoms with E-state index in [2.05, 4.69) is 19.7 Å². The van der Waals surface area contributed by atoms with E-state index in [4.69, 9.17) is 0 Å². The van der Waals surface area contributed by atoms with Gasteiger partial charge in [0.05, 0.1) is 17.7 Å². The molecule has 8 nitrogen and oxygen atoms in total. The summed E-state index contributed by atoms with van der Waals surface area (Å²) >= 11 is 1.39. The van der Waals surface area contributed by atoms with E-state index in [9.17, 15) is 13.2 Å². The Kier molecular flexibility index (Phi) is 5.50. The zero-order chi connectivity index (χ0) is 22.3. The van der Waals surface area contributed by atoms with E-state index < -0.39 is 10.0 Å². The lowest BCUT2D eigenvalue weighted by Crippen LogP contribution is -2.34. The molecule has 1 fully saturated rings. The number of rotatable bonds is 7. The van der Waals surface area contributed by atoms with E-state index in [1.54, 1.807) is 24.5 Å². The first-order chi connectivity index (χ1) is 15.4. The van der Waals surface area contributed by atoms with Crippen LogP contribution in [0.25, 0.3) is 11.4 Å². The Labute approximate surface area is 191 Å². The number of aryl methyl sites for hydroxylation is 1. The van der Waals surface area contributed by atoms with Gasteiger partial charge in [0.15, 0.2) is 16.8 Å². The van der Waals surface area contributed by atoms with Gasteiger partial charge in [0.1, 0.15) is 0 Å². The highest BCUT2D eigenvalue weighted by Crippen LogP contribution is 2.41. The van der Waals surface area contributed by atoms with Gasteiger partial charge in [-0.25, -0.2) is 8.42 Å². The zero-order valence-corrected chi connectivity index (χ0v) is 19.3. The summed E-state index contributed by atoms with van der Waals surface area (Å²) in [5, 5.41) is 9.48. The first-order valence-corrected chi connectivity index (χ1v) is 13.4. The van der Waals surface area contributed by atoms with Crippen LogP contribution in [-0.2, 0) is 16.4 Å². The number of carbonyl (C=O) groups excluding carboxylic acids is 1. The van der Waals surface area contributed by atoms with Crippen molar-refractivity contribution >= 4 is 33.3 Å². The molecular weight excluding hydrogens is 446 g/mol. The second kappa shape index (κ2) is 8.32. The number of Topliss-reactive ketones (excluding diaryl/α,β-unsaturated/α-hetero) is 1. The zero-order valence-electron chi connectivity index (χ0n) is 17.6. The molecule has 0 saturated heterocycles. The quantitative estimate of drug-likeness (QED) is 0.386. The maximum absolute atomic E-state index is 12.9. The fourth-order valence-corrected chi connectivity index (χ4v) is 5.93. The average Bonchev–Trinajstić information content (AvgIpc) is 3.55. The van der Waals surface area contributed by atoms with Crippen LogP contribution in [0.5, 0.6) is 0 Å². The summed E-state index contributed by atoms with van der Waals surface area (Å²) in [6.07, 6.45) is 8.36. The van der Waals surface area contributed by atoms with Crippen molar-refractivity contribution in [1.82, 2.24) is 19.7 Å². The van der Waals surface area contributed by atoms with Crippen LogP contribution in [-0.4, -0.2) is 52.5 Å². The number of anilines is 1. The monoisotopic (exact) mass is 469 g/mol. The molecule has 32 heavy (non-hydrogen) atoms. The third kappa shape index (κ3) is 4.16. The van der Waals surface area contributed by atoms with Crippen molar-refractivity contribution in [3.63, 3.8) is 0 Å². The number of aromatic nitrogens is 4. The van der Waals surface area contributed by atoms with Crippen molar-refractivity contribution < 1.29 is 13.2 Å². The summed E-state index contributed by atoms with van der Waals surface area (Å²) in [5.41, 5.74) is 3.14. The highest BCUT2D eigenvalue weighted by atomic mass is 32.2. The van der Waals surface area contributed by atoms with Crippen molar-refractivity contribution in [3.8, 4) is 11.4 Å². The number of thioether (sulfide) groups is 1. The Morgan fingerprint density at radius 2 is 1.94 bits per heavy atom. The van der Waals surface area contributed by atoms with Crippen LogP contribution in [0.1, 0.15) is 41.2 Å². The summed E-state index contributed by atoms with van der Waals surface area (Å²) in [6, 6.07) is 9.51. The highest BCUT2D eigenvalue weighted by Gasteiger charge is 2.30. The molecule has 1 aliphatic heterocycles. The summed E-state index contributed by atoms with van der Waals surface area (Å²) in [7, 11) is -3.32. The average molecular weight is 470 g/mol. The molecule has 2 aliphatic rings. The molecule has 0 amide bonds. The molecule has 1 aliphatic carbocycles. The van der Waals surface area contributed by atoms with Crippen LogP contribution < -0.4 is 4.31 Å². The molecule has 0 radical (unpaired) electrons. The molecule has 10 heteroatoms. The number of fused-ring (bicyclic) bond motifs is 1. The summed E-state index contributed by atoms with van der Waals surface area (Å²) in [6.45, 7) is 0.478. The van der Waals surface area contributed by atoms with Crippen LogP contribution in [0.3, 0.4) is 0 Å². The minimum atomic E-state index is -3.32. The van der Waals surface area contributed by atoms with Gasteiger partial charge in [0, 0.05) is 36.1 Å². The normalized spacial score (nSPS) is 16.1. The Morgan fingerprint density at radius 1 is 1.16 bits per heavy atom. The van der Waals surface area contributed by atoms with Crippen molar-refractivity contribution in [3.05, 3.63) is 53.9 Å². The van der Waals surface area contributed by atoms with Gasteiger partial charge < -0.3 is 0 Å². The third-order valence-electron chi connectivity index (χ3n) is 5.73. The van der Waals surface area contributed by atoms with E-state index >= 15 is 0 Å². The molecule has 0 N–H and O–H groups in total. The molecule has 3 aromatic rings. The fraction of sp³-hybridized carbons (Fsp3) is 0.364. The topological polar surface area (TPSA) is 98.1 Å². The predicted molar refractivity (Wildman–Crippen MR) is 124 cm³/mol. The molecule has 166 valence electrons. The highest BCUT2D eigenvalue weighted by molar-refractivity contribution is 7.99. The number of ketones is 1. The van der Waals surface area contributed by atoms with Gasteiger partial charge in [-0.2, -0.15) is 0 Å². The van der Waals surface area contributed by atoms with E-state index in [-0.39, 0.29) is 11.5 Å². The minimum absolute atomic E-state index is 0.00918. The van der Waals surface area contributed by atoms with Crippen LogP contribution in [0.2, 0.25) is 0 Å². The van der Waals surface area contributed by atoms with Gasteiger partial charge in [-0.05, 0) is 61.6 Å². The largest absolute Gasteiger partial charge is 0.299 e. The molecular formula is C22H23N5O3S2. The smallest absolute Gasteiger partial charge is 0.232 e. The van der Waals surface area contributed by atoms with Crippen molar-refractivity contribution in [2.45, 2.75) is 36.9 Å². The second-order valence-corrected chi connectivity index (χ2v) is 11.0. The molecule has 3 heterocycles. The molecule has 0 bridgehead atoms. The number of hydrogen-bond acceptors (Lipinski definition) is 7. The fourth-order valence-electron chi connectivity index (χ4n) is 4.03. The first-order valence-electron chi connectivity index (χ1n) is 10.5. The Hall–Kier alpha value is -2.72. The number of hydrogen-bond donors (Lipinski definition) is 0. The van der Waals surface area contributed by atoms with Gasteiger partial charge >= 0.3 is 0 Å². The lowest BCUT2D eigenvalue weighted by atomic mass is 9.99. The van der Waals surface area contributed by atoms with E-state index in [1.165, 1.54) is 22.3 Å².